The first-order valence-corrected chi connectivity index (χ1v) is 11.2. The van der Waals surface area contributed by atoms with Crippen molar-refractivity contribution in [2.75, 3.05) is 32.8 Å². The summed E-state index contributed by atoms with van der Waals surface area (Å²) in [6.45, 7) is 9.36. The van der Waals surface area contributed by atoms with Crippen LogP contribution in [0.15, 0.2) is 54.2 Å². The summed E-state index contributed by atoms with van der Waals surface area (Å²) < 4.78 is 5.66. The molecule has 1 aromatic carbocycles. The van der Waals surface area contributed by atoms with Gasteiger partial charge < -0.3 is 19.6 Å². The number of aliphatic hydroxyl groups excluding tert-OH is 1. The molecule has 1 unspecified atom stereocenters. The number of rotatable bonds is 10. The zero-order valence-corrected chi connectivity index (χ0v) is 19.0. The van der Waals surface area contributed by atoms with Gasteiger partial charge >= 0.3 is 0 Å². The number of nitrogens with zero attached hydrogens (tertiary/aromatic N) is 3. The van der Waals surface area contributed by atoms with Crippen molar-refractivity contribution >= 4 is 17.4 Å². The van der Waals surface area contributed by atoms with E-state index in [1.165, 1.54) is 4.90 Å². The van der Waals surface area contributed by atoms with Crippen molar-refractivity contribution in [1.29, 1.82) is 0 Å². The Labute approximate surface area is 189 Å². The maximum atomic E-state index is 13.1. The normalized spacial score (nSPS) is 17.9. The van der Waals surface area contributed by atoms with Crippen LogP contribution in [0.4, 0.5) is 0 Å². The van der Waals surface area contributed by atoms with Crippen molar-refractivity contribution in [3.8, 4) is 5.75 Å². The number of aromatic nitrogens is 1. The van der Waals surface area contributed by atoms with Gasteiger partial charge in [0.25, 0.3) is 11.7 Å². The van der Waals surface area contributed by atoms with Crippen LogP contribution >= 0.6 is 0 Å². The minimum Gasteiger partial charge on any atom is -0.507 e. The van der Waals surface area contributed by atoms with Gasteiger partial charge in [-0.2, -0.15) is 0 Å². The third-order valence-electron chi connectivity index (χ3n) is 5.64. The summed E-state index contributed by atoms with van der Waals surface area (Å²) in [7, 11) is 0. The molecule has 0 radical (unpaired) electrons. The zero-order chi connectivity index (χ0) is 23.1. The van der Waals surface area contributed by atoms with Crippen LogP contribution in [0, 0.1) is 0 Å². The first kappa shape index (κ1) is 23.5. The molecule has 2 aromatic rings. The Morgan fingerprint density at radius 1 is 1.12 bits per heavy atom. The van der Waals surface area contributed by atoms with Crippen molar-refractivity contribution in [1.82, 2.24) is 14.8 Å². The molecule has 1 amide bonds. The van der Waals surface area contributed by atoms with E-state index in [1.54, 1.807) is 42.6 Å². The monoisotopic (exact) mass is 437 g/mol. The van der Waals surface area contributed by atoms with E-state index in [1.807, 2.05) is 13.0 Å². The zero-order valence-electron chi connectivity index (χ0n) is 19.0. The number of benzene rings is 1. The SMILES string of the molecule is CCCOc1cccc(/C(O)=C2/C(=O)C(=O)N(CCN(CC)CC)C2c2ccccn2)c1. The summed E-state index contributed by atoms with van der Waals surface area (Å²) in [5, 5.41) is 11.2. The summed E-state index contributed by atoms with van der Waals surface area (Å²) >= 11 is 0. The highest BCUT2D eigenvalue weighted by atomic mass is 16.5. The van der Waals surface area contributed by atoms with Crippen LogP contribution in [-0.4, -0.2) is 64.4 Å². The minimum absolute atomic E-state index is 0.0564. The number of hydrogen-bond acceptors (Lipinski definition) is 6. The van der Waals surface area contributed by atoms with Crippen LogP contribution in [0.25, 0.3) is 5.76 Å². The second-order valence-corrected chi connectivity index (χ2v) is 7.65. The standard InChI is InChI=1S/C25H31N3O4/c1-4-16-32-19-11-9-10-18(17-19)23(29)21-22(20-12-7-8-13-26-20)28(25(31)24(21)30)15-14-27(5-2)6-3/h7-13,17,22,29H,4-6,14-16H2,1-3H3/b23-21-. The fourth-order valence-electron chi connectivity index (χ4n) is 3.85. The second-order valence-electron chi connectivity index (χ2n) is 7.65. The van der Waals surface area contributed by atoms with Crippen molar-refractivity contribution < 1.29 is 19.4 Å². The Morgan fingerprint density at radius 2 is 1.91 bits per heavy atom. The molecule has 2 heterocycles. The molecule has 1 saturated heterocycles. The topological polar surface area (TPSA) is 83.0 Å². The largest absolute Gasteiger partial charge is 0.507 e. The van der Waals surface area contributed by atoms with Crippen LogP contribution in [0.5, 0.6) is 5.75 Å². The van der Waals surface area contributed by atoms with Gasteiger partial charge in [-0.25, -0.2) is 0 Å². The fourth-order valence-corrected chi connectivity index (χ4v) is 3.85. The quantitative estimate of drug-likeness (QED) is 0.347. The summed E-state index contributed by atoms with van der Waals surface area (Å²) in [5.41, 5.74) is 1.04. The number of likely N-dealkylation sites (N-methyl/N-ethyl adjacent to an activating group) is 1. The van der Waals surface area contributed by atoms with E-state index < -0.39 is 17.7 Å². The number of amides is 1. The van der Waals surface area contributed by atoms with Crippen molar-refractivity contribution in [2.45, 2.75) is 33.2 Å². The van der Waals surface area contributed by atoms with E-state index in [9.17, 15) is 14.7 Å². The molecule has 1 aliphatic rings. The second kappa shape index (κ2) is 10.9. The highest BCUT2D eigenvalue weighted by molar-refractivity contribution is 6.46. The number of hydrogen-bond donors (Lipinski definition) is 1. The fraction of sp³-hybridized carbons (Fsp3) is 0.400. The Morgan fingerprint density at radius 3 is 2.56 bits per heavy atom. The number of pyridine rings is 1. The van der Waals surface area contributed by atoms with Crippen molar-refractivity contribution in [3.63, 3.8) is 0 Å². The lowest BCUT2D eigenvalue weighted by atomic mass is 9.98. The third kappa shape index (κ3) is 4.99. The number of Topliss-reactive ketones (excluding diaryl/α,β-unsaturated/α-hetero) is 1. The predicted octanol–water partition coefficient (Wildman–Crippen LogP) is 3.63. The Kier molecular flexibility index (Phi) is 8.00. The van der Waals surface area contributed by atoms with Gasteiger partial charge in [-0.05, 0) is 43.8 Å². The number of aliphatic hydroxyl groups is 1. The average Bonchev–Trinajstić information content (AvgIpc) is 3.08. The summed E-state index contributed by atoms with van der Waals surface area (Å²) in [4.78, 5) is 34.2. The number of carbonyl (C=O) groups excluding carboxylic acids is 2. The molecular formula is C25H31N3O4. The number of ether oxygens (including phenoxy) is 1. The number of carbonyl (C=O) groups is 2. The maximum Gasteiger partial charge on any atom is 0.295 e. The summed E-state index contributed by atoms with van der Waals surface area (Å²) in [6, 6.07) is 11.6. The van der Waals surface area contributed by atoms with E-state index in [0.29, 0.717) is 36.7 Å². The molecule has 170 valence electrons. The van der Waals surface area contributed by atoms with Gasteiger partial charge in [0.15, 0.2) is 0 Å². The molecule has 0 spiro atoms. The molecular weight excluding hydrogens is 406 g/mol. The van der Waals surface area contributed by atoms with Gasteiger partial charge in [0.05, 0.1) is 17.9 Å². The van der Waals surface area contributed by atoms with Crippen LogP contribution in [-0.2, 0) is 9.59 Å². The Balaban J connectivity index is 2.04. The first-order valence-electron chi connectivity index (χ1n) is 11.2. The predicted molar refractivity (Wildman–Crippen MR) is 123 cm³/mol. The Hall–Kier alpha value is -3.19. The molecule has 7 heteroatoms. The lowest BCUT2D eigenvalue weighted by Crippen LogP contribution is -2.38. The third-order valence-corrected chi connectivity index (χ3v) is 5.64. The molecule has 1 aliphatic heterocycles. The molecule has 0 saturated carbocycles. The lowest BCUT2D eigenvalue weighted by Gasteiger charge is -2.27. The van der Waals surface area contributed by atoms with E-state index in [-0.39, 0.29) is 11.3 Å². The van der Waals surface area contributed by atoms with E-state index >= 15 is 0 Å². The highest BCUT2D eigenvalue weighted by Crippen LogP contribution is 2.38. The first-order chi connectivity index (χ1) is 15.5. The summed E-state index contributed by atoms with van der Waals surface area (Å²) in [6.07, 6.45) is 2.48. The van der Waals surface area contributed by atoms with Gasteiger partial charge in [0.1, 0.15) is 17.6 Å². The Bertz CT molecular complexity index is 970. The maximum absolute atomic E-state index is 13.1. The average molecular weight is 438 g/mol. The van der Waals surface area contributed by atoms with Crippen LogP contribution in [0.2, 0.25) is 0 Å². The van der Waals surface area contributed by atoms with Gasteiger partial charge in [-0.1, -0.05) is 39.0 Å². The van der Waals surface area contributed by atoms with E-state index in [2.05, 4.69) is 23.7 Å². The van der Waals surface area contributed by atoms with E-state index in [0.717, 1.165) is 19.5 Å². The molecule has 0 aliphatic carbocycles. The molecule has 1 atom stereocenters. The molecule has 3 rings (SSSR count). The number of ketones is 1. The smallest absolute Gasteiger partial charge is 0.295 e. The molecule has 7 nitrogen and oxygen atoms in total. The molecule has 0 bridgehead atoms. The van der Waals surface area contributed by atoms with Crippen LogP contribution < -0.4 is 4.74 Å². The molecule has 32 heavy (non-hydrogen) atoms. The minimum atomic E-state index is -0.744. The van der Waals surface area contributed by atoms with Crippen molar-refractivity contribution in [3.05, 3.63) is 65.5 Å². The van der Waals surface area contributed by atoms with Crippen LogP contribution in [0.3, 0.4) is 0 Å². The van der Waals surface area contributed by atoms with Gasteiger partial charge in [0, 0.05) is 24.8 Å². The summed E-state index contributed by atoms with van der Waals surface area (Å²) in [5.74, 6) is -0.933. The number of likely N-dealkylation sites (tertiary alicyclic amines) is 1. The van der Waals surface area contributed by atoms with Crippen LogP contribution in [0.1, 0.15) is 44.5 Å². The molecule has 1 aromatic heterocycles. The lowest BCUT2D eigenvalue weighted by molar-refractivity contribution is -0.140. The van der Waals surface area contributed by atoms with E-state index in [4.69, 9.17) is 4.74 Å². The van der Waals surface area contributed by atoms with Crippen molar-refractivity contribution in [2.24, 2.45) is 0 Å². The van der Waals surface area contributed by atoms with Gasteiger partial charge in [-0.3, -0.25) is 14.6 Å². The van der Waals surface area contributed by atoms with Gasteiger partial charge in [-0.15, -0.1) is 0 Å². The van der Waals surface area contributed by atoms with Gasteiger partial charge in [0.2, 0.25) is 0 Å². The highest BCUT2D eigenvalue weighted by Gasteiger charge is 2.46. The molecule has 1 N–H and O–H groups in total. The molecule has 1 fully saturated rings.